The maximum atomic E-state index is 5.93. The lowest BCUT2D eigenvalue weighted by molar-refractivity contribution is 0.00718. The highest BCUT2D eigenvalue weighted by Crippen LogP contribution is 2.34. The molecule has 1 fully saturated rings. The van der Waals surface area contributed by atoms with Crippen molar-refractivity contribution in [2.24, 2.45) is 11.1 Å². The number of ether oxygens (including phenoxy) is 2. The van der Waals surface area contributed by atoms with Gasteiger partial charge in [-0.3, -0.25) is 0 Å². The molecule has 2 heterocycles. The van der Waals surface area contributed by atoms with Gasteiger partial charge in [0.25, 0.3) is 0 Å². The van der Waals surface area contributed by atoms with Crippen molar-refractivity contribution < 1.29 is 14.0 Å². The Bertz CT molecular complexity index is 400. The molecular formula is C12H21N3O3. The molecular weight excluding hydrogens is 234 g/mol. The van der Waals surface area contributed by atoms with Gasteiger partial charge in [-0.2, -0.15) is 4.98 Å². The number of hydrogen-bond donors (Lipinski definition) is 1. The minimum Gasteiger partial charge on any atom is -0.379 e. The minimum atomic E-state index is -0.200. The quantitative estimate of drug-likeness (QED) is 0.875. The van der Waals surface area contributed by atoms with E-state index in [-0.39, 0.29) is 23.5 Å². The molecule has 0 aliphatic carbocycles. The third-order valence-electron chi connectivity index (χ3n) is 3.16. The van der Waals surface area contributed by atoms with Crippen molar-refractivity contribution in [1.29, 1.82) is 0 Å². The van der Waals surface area contributed by atoms with Gasteiger partial charge in [-0.25, -0.2) is 0 Å². The molecule has 1 aromatic rings. The van der Waals surface area contributed by atoms with Gasteiger partial charge in [-0.1, -0.05) is 25.9 Å². The lowest BCUT2D eigenvalue weighted by Crippen LogP contribution is -2.27. The number of hydrogen-bond acceptors (Lipinski definition) is 6. The van der Waals surface area contributed by atoms with Crippen LogP contribution in [0.2, 0.25) is 0 Å². The van der Waals surface area contributed by atoms with E-state index in [0.717, 1.165) is 0 Å². The summed E-state index contributed by atoms with van der Waals surface area (Å²) in [4.78, 5) is 4.42. The molecule has 6 heteroatoms. The van der Waals surface area contributed by atoms with E-state index in [4.69, 9.17) is 19.7 Å². The van der Waals surface area contributed by atoms with Gasteiger partial charge in [0.05, 0.1) is 19.1 Å². The molecule has 1 aliphatic heterocycles. The largest absolute Gasteiger partial charge is 0.379 e. The first kappa shape index (κ1) is 13.5. The van der Waals surface area contributed by atoms with E-state index in [0.29, 0.717) is 24.9 Å². The van der Waals surface area contributed by atoms with Crippen LogP contribution in [0, 0.1) is 5.41 Å². The summed E-state index contributed by atoms with van der Waals surface area (Å²) in [5.74, 6) is 1.10. The van der Waals surface area contributed by atoms with Crippen LogP contribution in [-0.4, -0.2) is 36.5 Å². The summed E-state index contributed by atoms with van der Waals surface area (Å²) >= 11 is 0. The van der Waals surface area contributed by atoms with Crippen LogP contribution in [0.5, 0.6) is 0 Å². The van der Waals surface area contributed by atoms with Gasteiger partial charge in [0, 0.05) is 13.2 Å². The topological polar surface area (TPSA) is 83.4 Å². The monoisotopic (exact) mass is 255 g/mol. The van der Waals surface area contributed by atoms with Crippen LogP contribution in [0.25, 0.3) is 0 Å². The average Bonchev–Trinajstić information content (AvgIpc) is 2.85. The molecule has 3 atom stereocenters. The SMILES string of the molecule is COC(c1noc(C2COCC2N)n1)C(C)(C)C. The van der Waals surface area contributed by atoms with Crippen molar-refractivity contribution in [3.8, 4) is 0 Å². The van der Waals surface area contributed by atoms with Crippen LogP contribution >= 0.6 is 0 Å². The number of methoxy groups -OCH3 is 1. The highest BCUT2D eigenvalue weighted by atomic mass is 16.5. The highest BCUT2D eigenvalue weighted by molar-refractivity contribution is 5.04. The van der Waals surface area contributed by atoms with Crippen LogP contribution < -0.4 is 5.73 Å². The first-order valence-electron chi connectivity index (χ1n) is 6.13. The van der Waals surface area contributed by atoms with Crippen LogP contribution in [0.1, 0.15) is 44.5 Å². The normalized spacial score (nSPS) is 26.5. The highest BCUT2D eigenvalue weighted by Gasteiger charge is 2.35. The fourth-order valence-corrected chi connectivity index (χ4v) is 2.18. The zero-order chi connectivity index (χ0) is 13.3. The number of nitrogens with zero attached hydrogens (tertiary/aromatic N) is 2. The Hall–Kier alpha value is -0.980. The Kier molecular flexibility index (Phi) is 3.70. The molecule has 0 aromatic carbocycles. The molecule has 0 bridgehead atoms. The van der Waals surface area contributed by atoms with E-state index in [9.17, 15) is 0 Å². The van der Waals surface area contributed by atoms with E-state index in [1.54, 1.807) is 7.11 Å². The van der Waals surface area contributed by atoms with E-state index < -0.39 is 0 Å². The average molecular weight is 255 g/mol. The number of aromatic nitrogens is 2. The van der Waals surface area contributed by atoms with Crippen molar-refractivity contribution in [3.05, 3.63) is 11.7 Å². The van der Waals surface area contributed by atoms with Crippen molar-refractivity contribution in [2.75, 3.05) is 20.3 Å². The summed E-state index contributed by atoms with van der Waals surface area (Å²) in [5, 5.41) is 4.01. The number of rotatable bonds is 3. The predicted molar refractivity (Wildman–Crippen MR) is 65.0 cm³/mol. The van der Waals surface area contributed by atoms with Crippen molar-refractivity contribution in [3.63, 3.8) is 0 Å². The lowest BCUT2D eigenvalue weighted by Gasteiger charge is -2.26. The molecule has 18 heavy (non-hydrogen) atoms. The van der Waals surface area contributed by atoms with Crippen LogP contribution in [0.3, 0.4) is 0 Å². The Morgan fingerprint density at radius 1 is 1.39 bits per heavy atom. The van der Waals surface area contributed by atoms with Crippen molar-refractivity contribution in [2.45, 2.75) is 38.8 Å². The second-order valence-corrected chi connectivity index (χ2v) is 5.78. The van der Waals surface area contributed by atoms with Gasteiger partial charge in [0.1, 0.15) is 6.10 Å². The van der Waals surface area contributed by atoms with Gasteiger partial charge in [0.15, 0.2) is 0 Å². The molecule has 6 nitrogen and oxygen atoms in total. The molecule has 1 aliphatic rings. The molecule has 0 radical (unpaired) electrons. The third kappa shape index (κ3) is 2.55. The van der Waals surface area contributed by atoms with E-state index in [1.165, 1.54) is 0 Å². The fourth-order valence-electron chi connectivity index (χ4n) is 2.18. The molecule has 2 N–H and O–H groups in total. The summed E-state index contributed by atoms with van der Waals surface area (Å²) in [6.45, 7) is 7.29. The second kappa shape index (κ2) is 4.95. The summed E-state index contributed by atoms with van der Waals surface area (Å²) in [7, 11) is 1.65. The standard InChI is InChI=1S/C12H21N3O3/c1-12(2,3)9(16-4)10-14-11(18-15-10)7-5-17-6-8(7)13/h7-9H,5-6,13H2,1-4H3. The van der Waals surface area contributed by atoms with Gasteiger partial charge in [0.2, 0.25) is 11.7 Å². The number of nitrogens with two attached hydrogens (primary N) is 1. The Balaban J connectivity index is 2.19. The molecule has 0 amide bonds. The molecule has 1 aromatic heterocycles. The lowest BCUT2D eigenvalue weighted by atomic mass is 9.88. The van der Waals surface area contributed by atoms with Crippen molar-refractivity contribution in [1.82, 2.24) is 10.1 Å². The zero-order valence-electron chi connectivity index (χ0n) is 11.3. The second-order valence-electron chi connectivity index (χ2n) is 5.78. The third-order valence-corrected chi connectivity index (χ3v) is 3.16. The van der Waals surface area contributed by atoms with E-state index >= 15 is 0 Å². The maximum Gasteiger partial charge on any atom is 0.233 e. The van der Waals surface area contributed by atoms with Crippen molar-refractivity contribution >= 4 is 0 Å². The summed E-state index contributed by atoms with van der Waals surface area (Å²) in [6, 6.07) is -0.0751. The fraction of sp³-hybridized carbons (Fsp3) is 0.833. The molecule has 2 rings (SSSR count). The van der Waals surface area contributed by atoms with E-state index in [1.807, 2.05) is 0 Å². The zero-order valence-corrected chi connectivity index (χ0v) is 11.3. The van der Waals surface area contributed by atoms with Gasteiger partial charge < -0.3 is 19.7 Å². The summed E-state index contributed by atoms with van der Waals surface area (Å²) < 4.78 is 16.1. The van der Waals surface area contributed by atoms with E-state index in [2.05, 4.69) is 30.9 Å². The molecule has 0 saturated carbocycles. The van der Waals surface area contributed by atoms with Crippen LogP contribution in [0.4, 0.5) is 0 Å². The minimum absolute atomic E-state index is 0.0104. The molecule has 3 unspecified atom stereocenters. The first-order valence-corrected chi connectivity index (χ1v) is 6.13. The molecule has 102 valence electrons. The first-order chi connectivity index (χ1) is 8.43. The maximum absolute atomic E-state index is 5.93. The van der Waals surface area contributed by atoms with Gasteiger partial charge in [-0.15, -0.1) is 0 Å². The Morgan fingerprint density at radius 3 is 2.61 bits per heavy atom. The summed E-state index contributed by atoms with van der Waals surface area (Å²) in [5.41, 5.74) is 5.84. The van der Waals surface area contributed by atoms with Gasteiger partial charge >= 0.3 is 0 Å². The molecule has 1 saturated heterocycles. The predicted octanol–water partition coefficient (Wildman–Crippen LogP) is 1.24. The smallest absolute Gasteiger partial charge is 0.233 e. The van der Waals surface area contributed by atoms with Crippen LogP contribution in [-0.2, 0) is 9.47 Å². The summed E-state index contributed by atoms with van der Waals surface area (Å²) in [6.07, 6.45) is -0.200. The van der Waals surface area contributed by atoms with Crippen LogP contribution in [0.15, 0.2) is 4.52 Å². The molecule has 0 spiro atoms. The Morgan fingerprint density at radius 2 is 2.11 bits per heavy atom. The van der Waals surface area contributed by atoms with Gasteiger partial charge in [-0.05, 0) is 5.41 Å². The Labute approximate surface area is 107 Å².